The van der Waals surface area contributed by atoms with E-state index < -0.39 is 10.0 Å². The van der Waals surface area contributed by atoms with Gasteiger partial charge in [0.05, 0.1) is 11.4 Å². The average molecular weight is 385 g/mol. The smallest absolute Gasteiger partial charge is 0.242 e. The third kappa shape index (κ3) is 4.40. The molecule has 21 heavy (non-hydrogen) atoms. The minimum Gasteiger partial charge on any atom is -0.320 e. The van der Waals surface area contributed by atoms with Crippen molar-refractivity contribution in [3.63, 3.8) is 0 Å². The Kier molecular flexibility index (Phi) is 5.56. The highest BCUT2D eigenvalue weighted by atomic mass is 79.9. The van der Waals surface area contributed by atoms with Crippen molar-refractivity contribution >= 4 is 37.3 Å². The Hall–Kier alpha value is -1.17. The number of thiophene rings is 1. The van der Waals surface area contributed by atoms with Gasteiger partial charge in [0.2, 0.25) is 10.0 Å². The first kappa shape index (κ1) is 16.2. The maximum atomic E-state index is 12.4. The van der Waals surface area contributed by atoms with E-state index in [-0.39, 0.29) is 18.0 Å². The average Bonchev–Trinajstić information content (AvgIpc) is 2.89. The van der Waals surface area contributed by atoms with Crippen LogP contribution in [0.2, 0.25) is 0 Å². The summed E-state index contributed by atoms with van der Waals surface area (Å²) in [6, 6.07) is 8.50. The minimum absolute atomic E-state index is 0.168. The number of nitrogens with one attached hydrogen (secondary N) is 1. The molecule has 1 heterocycles. The second kappa shape index (κ2) is 7.20. The maximum absolute atomic E-state index is 12.4. The fraction of sp³-hybridized carbons (Fsp3) is 0.143. The predicted molar refractivity (Wildman–Crippen MR) is 88.4 cm³/mol. The second-order valence-corrected chi connectivity index (χ2v) is 7.70. The summed E-state index contributed by atoms with van der Waals surface area (Å²) in [6.45, 7) is 0.433. The molecule has 1 aromatic heterocycles. The lowest BCUT2D eigenvalue weighted by atomic mass is 10.2. The molecule has 0 aliphatic rings. The van der Waals surface area contributed by atoms with E-state index in [4.69, 9.17) is 5.73 Å². The van der Waals surface area contributed by atoms with Crippen molar-refractivity contribution in [2.24, 2.45) is 5.73 Å². The zero-order valence-electron chi connectivity index (χ0n) is 11.0. The first-order chi connectivity index (χ1) is 10.0. The standard InChI is InChI=1S/C14H13BrN2O2S2/c15-12-8-13(20-10-12)9-17-21(18,19)14-6-2-1-4-11(14)5-3-7-16/h1-2,4,6,8,10,17H,7,9,16H2. The number of rotatable bonds is 4. The zero-order chi connectivity index (χ0) is 15.3. The molecule has 3 N–H and O–H groups in total. The Balaban J connectivity index is 2.23. The van der Waals surface area contributed by atoms with Crippen LogP contribution in [0.4, 0.5) is 0 Å². The van der Waals surface area contributed by atoms with Crippen LogP contribution in [0.3, 0.4) is 0 Å². The van der Waals surface area contributed by atoms with Crippen LogP contribution >= 0.6 is 27.3 Å². The van der Waals surface area contributed by atoms with Gasteiger partial charge in [0.25, 0.3) is 0 Å². The first-order valence-corrected chi connectivity index (χ1v) is 9.19. The summed E-state index contributed by atoms with van der Waals surface area (Å²) in [5, 5.41) is 1.91. The summed E-state index contributed by atoms with van der Waals surface area (Å²) < 4.78 is 28.3. The summed E-state index contributed by atoms with van der Waals surface area (Å²) in [5.74, 6) is 5.46. The molecule has 1 aromatic carbocycles. The van der Waals surface area contributed by atoms with Crippen molar-refractivity contribution in [1.29, 1.82) is 0 Å². The molecule has 0 atom stereocenters. The summed E-state index contributed by atoms with van der Waals surface area (Å²) in [5.41, 5.74) is 5.78. The van der Waals surface area contributed by atoms with Gasteiger partial charge in [-0.1, -0.05) is 24.0 Å². The van der Waals surface area contributed by atoms with Gasteiger partial charge in [-0.05, 0) is 34.1 Å². The highest BCUT2D eigenvalue weighted by Crippen LogP contribution is 2.20. The zero-order valence-corrected chi connectivity index (χ0v) is 14.2. The fourth-order valence-electron chi connectivity index (χ4n) is 1.64. The Morgan fingerprint density at radius 2 is 2.10 bits per heavy atom. The molecular weight excluding hydrogens is 372 g/mol. The van der Waals surface area contributed by atoms with Crippen LogP contribution in [-0.2, 0) is 16.6 Å². The third-order valence-corrected chi connectivity index (χ3v) is 5.72. The molecule has 0 aliphatic carbocycles. The van der Waals surface area contributed by atoms with Gasteiger partial charge in [0, 0.05) is 26.8 Å². The number of benzene rings is 1. The molecule has 2 aromatic rings. The molecule has 0 unspecified atom stereocenters. The number of sulfonamides is 1. The molecule has 0 bridgehead atoms. The fourth-order valence-corrected chi connectivity index (χ4v) is 4.29. The van der Waals surface area contributed by atoms with Crippen LogP contribution in [-0.4, -0.2) is 15.0 Å². The first-order valence-electron chi connectivity index (χ1n) is 6.03. The van der Waals surface area contributed by atoms with Crippen LogP contribution in [0, 0.1) is 11.8 Å². The molecule has 0 aliphatic heterocycles. The lowest BCUT2D eigenvalue weighted by Crippen LogP contribution is -2.23. The Morgan fingerprint density at radius 3 is 2.76 bits per heavy atom. The number of hydrogen-bond acceptors (Lipinski definition) is 4. The summed E-state index contributed by atoms with van der Waals surface area (Å²) in [4.78, 5) is 1.09. The van der Waals surface area contributed by atoms with Gasteiger partial charge in [0.1, 0.15) is 0 Å². The largest absolute Gasteiger partial charge is 0.320 e. The van der Waals surface area contributed by atoms with Gasteiger partial charge in [0.15, 0.2) is 0 Å². The van der Waals surface area contributed by atoms with Gasteiger partial charge in [-0.25, -0.2) is 13.1 Å². The van der Waals surface area contributed by atoms with Gasteiger partial charge in [-0.2, -0.15) is 0 Å². The van der Waals surface area contributed by atoms with Crippen LogP contribution in [0.5, 0.6) is 0 Å². The van der Waals surface area contributed by atoms with E-state index in [0.717, 1.165) is 9.35 Å². The summed E-state index contributed by atoms with van der Waals surface area (Å²) >= 11 is 4.83. The summed E-state index contributed by atoms with van der Waals surface area (Å²) in [6.07, 6.45) is 0. The molecule has 0 saturated carbocycles. The number of hydrogen-bond donors (Lipinski definition) is 2. The Bertz CT molecular complexity index is 789. The maximum Gasteiger partial charge on any atom is 0.242 e. The van der Waals surface area contributed by atoms with Crippen LogP contribution < -0.4 is 10.5 Å². The van der Waals surface area contributed by atoms with Crippen molar-refractivity contribution in [1.82, 2.24) is 4.72 Å². The molecule has 0 saturated heterocycles. The number of nitrogens with two attached hydrogens (primary N) is 1. The van der Waals surface area contributed by atoms with Crippen molar-refractivity contribution in [3.8, 4) is 11.8 Å². The highest BCUT2D eigenvalue weighted by Gasteiger charge is 2.17. The minimum atomic E-state index is -3.61. The van der Waals surface area contributed by atoms with Crippen molar-refractivity contribution in [2.75, 3.05) is 6.54 Å². The lowest BCUT2D eigenvalue weighted by molar-refractivity contribution is 0.581. The van der Waals surface area contributed by atoms with Crippen molar-refractivity contribution < 1.29 is 8.42 Å². The van der Waals surface area contributed by atoms with Crippen LogP contribution in [0.25, 0.3) is 0 Å². The van der Waals surface area contributed by atoms with Gasteiger partial charge < -0.3 is 5.73 Å². The van der Waals surface area contributed by atoms with E-state index in [1.807, 2.05) is 11.4 Å². The SMILES string of the molecule is NCC#Cc1ccccc1S(=O)(=O)NCc1cc(Br)cs1. The molecule has 0 fully saturated rings. The quantitative estimate of drug-likeness (QED) is 0.794. The van der Waals surface area contributed by atoms with E-state index in [0.29, 0.717) is 5.56 Å². The molecule has 2 rings (SSSR count). The Morgan fingerprint density at radius 1 is 1.33 bits per heavy atom. The van der Waals surface area contributed by atoms with Crippen LogP contribution in [0.1, 0.15) is 10.4 Å². The van der Waals surface area contributed by atoms with Gasteiger partial charge in [-0.3, -0.25) is 0 Å². The lowest BCUT2D eigenvalue weighted by Gasteiger charge is -2.07. The van der Waals surface area contributed by atoms with E-state index in [9.17, 15) is 8.42 Å². The van der Waals surface area contributed by atoms with Crippen molar-refractivity contribution in [3.05, 3.63) is 50.6 Å². The monoisotopic (exact) mass is 384 g/mol. The van der Waals surface area contributed by atoms with Crippen molar-refractivity contribution in [2.45, 2.75) is 11.4 Å². The predicted octanol–water partition coefficient (Wildman–Crippen LogP) is 2.30. The molecule has 0 radical (unpaired) electrons. The molecule has 0 amide bonds. The third-order valence-electron chi connectivity index (χ3n) is 2.56. The normalized spacial score (nSPS) is 11.0. The van der Waals surface area contributed by atoms with E-state index in [2.05, 4.69) is 32.5 Å². The van der Waals surface area contributed by atoms with Gasteiger partial charge in [-0.15, -0.1) is 11.3 Å². The van der Waals surface area contributed by atoms with E-state index in [1.54, 1.807) is 18.2 Å². The molecule has 7 heteroatoms. The number of halogens is 1. The van der Waals surface area contributed by atoms with E-state index >= 15 is 0 Å². The highest BCUT2D eigenvalue weighted by molar-refractivity contribution is 9.10. The Labute approximate surface area is 136 Å². The molecule has 0 spiro atoms. The molecule has 4 nitrogen and oxygen atoms in total. The topological polar surface area (TPSA) is 72.2 Å². The van der Waals surface area contributed by atoms with Crippen LogP contribution in [0.15, 0.2) is 45.1 Å². The molecule has 110 valence electrons. The van der Waals surface area contributed by atoms with Gasteiger partial charge >= 0.3 is 0 Å². The second-order valence-electron chi connectivity index (χ2n) is 4.06. The molecular formula is C14H13BrN2O2S2. The van der Waals surface area contributed by atoms with E-state index in [1.165, 1.54) is 17.4 Å². The summed E-state index contributed by atoms with van der Waals surface area (Å²) in [7, 11) is -3.61.